The Kier molecular flexibility index (Phi) is 7.30. The molecule has 0 N–H and O–H groups in total. The van der Waals surface area contributed by atoms with E-state index < -0.39 is 0 Å². The van der Waals surface area contributed by atoms with Crippen molar-refractivity contribution >= 4 is 17.5 Å². The van der Waals surface area contributed by atoms with E-state index in [9.17, 15) is 4.79 Å². The van der Waals surface area contributed by atoms with Crippen molar-refractivity contribution in [1.29, 1.82) is 0 Å². The molecule has 3 aromatic carbocycles. The molecule has 4 aromatic rings. The van der Waals surface area contributed by atoms with Crippen LogP contribution in [-0.4, -0.2) is 58.6 Å². The summed E-state index contributed by atoms with van der Waals surface area (Å²) in [6, 6.07) is 23.2. The Hall–Kier alpha value is -3.68. The number of hydrogen-bond donors (Lipinski definition) is 0. The van der Waals surface area contributed by atoms with Gasteiger partial charge in [0.15, 0.2) is 6.61 Å². The van der Waals surface area contributed by atoms with Crippen molar-refractivity contribution in [1.82, 2.24) is 19.9 Å². The minimum absolute atomic E-state index is 0.0208. The van der Waals surface area contributed by atoms with Gasteiger partial charge in [-0.15, -0.1) is 0 Å². The molecule has 0 aliphatic carbocycles. The minimum Gasteiger partial charge on any atom is -0.484 e. The maximum absolute atomic E-state index is 12.6. The van der Waals surface area contributed by atoms with Crippen LogP contribution in [0.15, 0.2) is 77.3 Å². The molecule has 1 aliphatic heterocycles. The van der Waals surface area contributed by atoms with Gasteiger partial charge in [0.05, 0.1) is 0 Å². The highest BCUT2D eigenvalue weighted by molar-refractivity contribution is 6.30. The number of aromatic nitrogens is 2. The highest BCUT2D eigenvalue weighted by Gasteiger charge is 2.22. The Labute approximate surface area is 215 Å². The quantitative estimate of drug-likeness (QED) is 0.350. The molecule has 36 heavy (non-hydrogen) atoms. The number of carbonyl (C=O) groups is 1. The lowest BCUT2D eigenvalue weighted by atomic mass is 10.1. The smallest absolute Gasteiger partial charge is 0.260 e. The summed E-state index contributed by atoms with van der Waals surface area (Å²) >= 11 is 6.08. The molecular weight excluding hydrogens is 476 g/mol. The Morgan fingerprint density at radius 3 is 2.56 bits per heavy atom. The maximum atomic E-state index is 12.6. The fourth-order valence-electron chi connectivity index (χ4n) is 4.25. The standard InChI is InChI=1S/C28H27ClN4O3/c1-20-6-2-3-11-25(20)35-19-26(34)33-14-12-32(13-15-33)18-21-7-4-8-22(16-21)27-30-28(36-31-27)23-9-5-10-24(29)17-23/h2-11,16-17H,12-15,18-19H2,1H3. The van der Waals surface area contributed by atoms with Crippen molar-refractivity contribution in [2.24, 2.45) is 0 Å². The molecule has 1 aromatic heterocycles. The normalized spacial score (nSPS) is 14.1. The van der Waals surface area contributed by atoms with Crippen LogP contribution in [0.4, 0.5) is 0 Å². The van der Waals surface area contributed by atoms with Gasteiger partial charge in [-0.05, 0) is 48.4 Å². The third kappa shape index (κ3) is 5.75. The highest BCUT2D eigenvalue weighted by Crippen LogP contribution is 2.25. The molecule has 184 valence electrons. The van der Waals surface area contributed by atoms with Gasteiger partial charge in [0.25, 0.3) is 11.8 Å². The van der Waals surface area contributed by atoms with E-state index in [2.05, 4.69) is 27.2 Å². The number of piperazine rings is 1. The molecule has 1 saturated heterocycles. The summed E-state index contributed by atoms with van der Waals surface area (Å²) in [6.07, 6.45) is 0. The number of nitrogens with zero attached hydrogens (tertiary/aromatic N) is 4. The molecular formula is C28H27ClN4O3. The Bertz CT molecular complexity index is 1350. The Balaban J connectivity index is 1.15. The van der Waals surface area contributed by atoms with Crippen LogP contribution in [0, 0.1) is 6.92 Å². The fraction of sp³-hybridized carbons (Fsp3) is 0.250. The van der Waals surface area contributed by atoms with Gasteiger partial charge in [-0.25, -0.2) is 0 Å². The molecule has 1 fully saturated rings. The van der Waals surface area contributed by atoms with Crippen LogP contribution in [0.5, 0.6) is 5.75 Å². The summed E-state index contributed by atoms with van der Waals surface area (Å²) in [5.74, 6) is 1.75. The lowest BCUT2D eigenvalue weighted by Gasteiger charge is -2.34. The predicted molar refractivity (Wildman–Crippen MR) is 139 cm³/mol. The zero-order valence-corrected chi connectivity index (χ0v) is 20.8. The maximum Gasteiger partial charge on any atom is 0.260 e. The number of ether oxygens (including phenoxy) is 1. The number of aryl methyl sites for hydroxylation is 1. The zero-order valence-electron chi connectivity index (χ0n) is 20.1. The first-order chi connectivity index (χ1) is 17.5. The van der Waals surface area contributed by atoms with E-state index in [0.717, 1.165) is 47.6 Å². The van der Waals surface area contributed by atoms with Gasteiger partial charge in [-0.2, -0.15) is 4.98 Å². The van der Waals surface area contributed by atoms with Crippen LogP contribution in [0.25, 0.3) is 22.8 Å². The summed E-state index contributed by atoms with van der Waals surface area (Å²) < 4.78 is 11.2. The van der Waals surface area contributed by atoms with Crippen molar-refractivity contribution in [2.75, 3.05) is 32.8 Å². The fourth-order valence-corrected chi connectivity index (χ4v) is 4.44. The lowest BCUT2D eigenvalue weighted by Crippen LogP contribution is -2.49. The van der Waals surface area contributed by atoms with Gasteiger partial charge in [0.2, 0.25) is 5.82 Å². The van der Waals surface area contributed by atoms with Crippen LogP contribution in [0.2, 0.25) is 5.02 Å². The summed E-state index contributed by atoms with van der Waals surface area (Å²) in [6.45, 7) is 5.81. The number of rotatable bonds is 7. The molecule has 2 heterocycles. The van der Waals surface area contributed by atoms with Crippen LogP contribution in [0.1, 0.15) is 11.1 Å². The van der Waals surface area contributed by atoms with E-state index in [-0.39, 0.29) is 12.5 Å². The Morgan fingerprint density at radius 1 is 0.972 bits per heavy atom. The first-order valence-electron chi connectivity index (χ1n) is 11.9. The zero-order chi connectivity index (χ0) is 24.9. The largest absolute Gasteiger partial charge is 0.484 e. The molecule has 1 amide bonds. The van der Waals surface area contributed by atoms with Crippen LogP contribution < -0.4 is 4.74 Å². The minimum atomic E-state index is 0.0208. The number of benzene rings is 3. The topological polar surface area (TPSA) is 71.7 Å². The van der Waals surface area contributed by atoms with E-state index in [1.165, 1.54) is 0 Å². The monoisotopic (exact) mass is 502 g/mol. The molecule has 5 rings (SSSR count). The van der Waals surface area contributed by atoms with Crippen molar-refractivity contribution in [3.05, 3.63) is 88.9 Å². The summed E-state index contributed by atoms with van der Waals surface area (Å²) in [7, 11) is 0. The number of halogens is 1. The van der Waals surface area contributed by atoms with Gasteiger partial charge in [0.1, 0.15) is 5.75 Å². The van der Waals surface area contributed by atoms with E-state index in [4.69, 9.17) is 20.9 Å². The SMILES string of the molecule is Cc1ccccc1OCC(=O)N1CCN(Cc2cccc(-c3noc(-c4cccc(Cl)c4)n3)c2)CC1. The molecule has 1 aliphatic rings. The van der Waals surface area contributed by atoms with E-state index in [1.54, 1.807) is 12.1 Å². The van der Waals surface area contributed by atoms with Crippen molar-refractivity contribution in [3.63, 3.8) is 0 Å². The number of carbonyl (C=O) groups excluding carboxylic acids is 1. The summed E-state index contributed by atoms with van der Waals surface area (Å²) in [5, 5.41) is 4.78. The van der Waals surface area contributed by atoms with Crippen LogP contribution in [-0.2, 0) is 11.3 Å². The summed E-state index contributed by atoms with van der Waals surface area (Å²) in [4.78, 5) is 21.4. The number of para-hydroxylation sites is 1. The number of amides is 1. The molecule has 0 unspecified atom stereocenters. The molecule has 8 heteroatoms. The van der Waals surface area contributed by atoms with E-state index >= 15 is 0 Å². The second-order valence-corrected chi connectivity index (χ2v) is 9.28. The first kappa shape index (κ1) is 24.0. The third-order valence-corrected chi connectivity index (χ3v) is 6.49. The highest BCUT2D eigenvalue weighted by atomic mass is 35.5. The third-order valence-electron chi connectivity index (χ3n) is 6.26. The Morgan fingerprint density at radius 2 is 1.75 bits per heavy atom. The van der Waals surface area contributed by atoms with Crippen molar-refractivity contribution < 1.29 is 14.1 Å². The first-order valence-corrected chi connectivity index (χ1v) is 12.3. The van der Waals surface area contributed by atoms with E-state index in [0.29, 0.717) is 29.8 Å². The lowest BCUT2D eigenvalue weighted by molar-refractivity contribution is -0.135. The molecule has 7 nitrogen and oxygen atoms in total. The second kappa shape index (κ2) is 10.9. The van der Waals surface area contributed by atoms with Gasteiger partial charge in [0, 0.05) is 48.9 Å². The molecule has 0 bridgehead atoms. The molecule has 0 spiro atoms. The second-order valence-electron chi connectivity index (χ2n) is 8.84. The molecule has 0 radical (unpaired) electrons. The average Bonchev–Trinajstić information content (AvgIpc) is 3.39. The average molecular weight is 503 g/mol. The summed E-state index contributed by atoms with van der Waals surface area (Å²) in [5.41, 5.74) is 3.86. The van der Waals surface area contributed by atoms with E-state index in [1.807, 2.05) is 60.4 Å². The molecule has 0 saturated carbocycles. The number of hydrogen-bond acceptors (Lipinski definition) is 6. The van der Waals surface area contributed by atoms with Gasteiger partial charge in [-0.3, -0.25) is 9.69 Å². The van der Waals surface area contributed by atoms with Gasteiger partial charge < -0.3 is 14.2 Å². The predicted octanol–water partition coefficient (Wildman–Crippen LogP) is 5.09. The van der Waals surface area contributed by atoms with Crippen LogP contribution in [0.3, 0.4) is 0 Å². The van der Waals surface area contributed by atoms with Crippen molar-refractivity contribution in [2.45, 2.75) is 13.5 Å². The van der Waals surface area contributed by atoms with Crippen molar-refractivity contribution in [3.8, 4) is 28.6 Å². The van der Waals surface area contributed by atoms with Gasteiger partial charge >= 0.3 is 0 Å². The van der Waals surface area contributed by atoms with Gasteiger partial charge in [-0.1, -0.05) is 59.2 Å². The molecule has 0 atom stereocenters. The van der Waals surface area contributed by atoms with Crippen LogP contribution >= 0.6 is 11.6 Å².